The number of hydrogen-bond acceptors (Lipinski definition) is 2. The zero-order valence-electron chi connectivity index (χ0n) is 10.9. The van der Waals surface area contributed by atoms with Gasteiger partial charge in [-0.05, 0) is 31.2 Å². The van der Waals surface area contributed by atoms with E-state index >= 15 is 0 Å². The van der Waals surface area contributed by atoms with Crippen molar-refractivity contribution in [3.8, 4) is 0 Å². The van der Waals surface area contributed by atoms with E-state index in [1.807, 2.05) is 0 Å². The molecule has 0 spiro atoms. The Labute approximate surface area is 99.2 Å². The summed E-state index contributed by atoms with van der Waals surface area (Å²) < 4.78 is 0. The van der Waals surface area contributed by atoms with Crippen molar-refractivity contribution in [1.82, 2.24) is 5.32 Å². The number of amides is 1. The summed E-state index contributed by atoms with van der Waals surface area (Å²) in [5.41, 5.74) is 5.39. The third-order valence-corrected chi connectivity index (χ3v) is 3.92. The lowest BCUT2D eigenvalue weighted by Gasteiger charge is -2.46. The molecular formula is C13H26N2O. The van der Waals surface area contributed by atoms with Gasteiger partial charge >= 0.3 is 0 Å². The summed E-state index contributed by atoms with van der Waals surface area (Å²) >= 11 is 0. The summed E-state index contributed by atoms with van der Waals surface area (Å²) in [5.74, 6) is 1.01. The van der Waals surface area contributed by atoms with E-state index < -0.39 is 0 Å². The lowest BCUT2D eigenvalue weighted by Crippen LogP contribution is -2.56. The fourth-order valence-corrected chi connectivity index (χ4v) is 3.40. The number of rotatable bonds is 5. The van der Waals surface area contributed by atoms with Crippen LogP contribution in [-0.2, 0) is 4.79 Å². The standard InChI is InChI=1S/C13H26N2O/c1-4-15-13(9-12(14)16)8-6-5-7-11(13)10(2)3/h10-11,15H,4-9H2,1-3H3,(H2,14,16). The highest BCUT2D eigenvalue weighted by Crippen LogP contribution is 2.40. The molecule has 1 fully saturated rings. The van der Waals surface area contributed by atoms with E-state index in [0.717, 1.165) is 13.0 Å². The van der Waals surface area contributed by atoms with E-state index in [1.54, 1.807) is 0 Å². The molecule has 0 saturated heterocycles. The van der Waals surface area contributed by atoms with Crippen LogP contribution in [0.1, 0.15) is 52.9 Å². The van der Waals surface area contributed by atoms with Crippen molar-refractivity contribution in [3.05, 3.63) is 0 Å². The quantitative estimate of drug-likeness (QED) is 0.754. The summed E-state index contributed by atoms with van der Waals surface area (Å²) in [6, 6.07) is 0. The molecule has 0 aliphatic heterocycles. The highest BCUT2D eigenvalue weighted by Gasteiger charge is 2.42. The average Bonchev–Trinajstić information content (AvgIpc) is 2.16. The van der Waals surface area contributed by atoms with Gasteiger partial charge in [0, 0.05) is 12.0 Å². The molecule has 2 unspecified atom stereocenters. The van der Waals surface area contributed by atoms with Crippen LogP contribution < -0.4 is 11.1 Å². The first-order chi connectivity index (χ1) is 7.52. The lowest BCUT2D eigenvalue weighted by atomic mass is 9.66. The number of nitrogens with one attached hydrogen (secondary N) is 1. The molecule has 3 heteroatoms. The van der Waals surface area contributed by atoms with Crippen molar-refractivity contribution < 1.29 is 4.79 Å². The first-order valence-electron chi connectivity index (χ1n) is 6.55. The topological polar surface area (TPSA) is 55.1 Å². The zero-order chi connectivity index (χ0) is 12.2. The van der Waals surface area contributed by atoms with Crippen LogP contribution in [0.25, 0.3) is 0 Å². The van der Waals surface area contributed by atoms with Crippen LogP contribution >= 0.6 is 0 Å². The van der Waals surface area contributed by atoms with Crippen LogP contribution in [-0.4, -0.2) is 18.0 Å². The number of nitrogens with two attached hydrogens (primary N) is 1. The Morgan fingerprint density at radius 3 is 2.69 bits per heavy atom. The monoisotopic (exact) mass is 226 g/mol. The Bertz CT molecular complexity index is 236. The van der Waals surface area contributed by atoms with Crippen molar-refractivity contribution in [1.29, 1.82) is 0 Å². The van der Waals surface area contributed by atoms with E-state index in [1.165, 1.54) is 19.3 Å². The van der Waals surface area contributed by atoms with Gasteiger partial charge < -0.3 is 11.1 Å². The van der Waals surface area contributed by atoms with E-state index in [0.29, 0.717) is 18.3 Å². The molecule has 0 aromatic carbocycles. The average molecular weight is 226 g/mol. The largest absolute Gasteiger partial charge is 0.370 e. The van der Waals surface area contributed by atoms with Gasteiger partial charge in [0.2, 0.25) is 5.91 Å². The van der Waals surface area contributed by atoms with Gasteiger partial charge in [0.05, 0.1) is 0 Å². The molecule has 2 atom stereocenters. The highest BCUT2D eigenvalue weighted by atomic mass is 16.1. The summed E-state index contributed by atoms with van der Waals surface area (Å²) in [7, 11) is 0. The van der Waals surface area contributed by atoms with E-state index in [9.17, 15) is 4.79 Å². The van der Waals surface area contributed by atoms with Gasteiger partial charge in [0.1, 0.15) is 0 Å². The van der Waals surface area contributed by atoms with E-state index in [4.69, 9.17) is 5.73 Å². The van der Waals surface area contributed by atoms with Crippen molar-refractivity contribution in [2.24, 2.45) is 17.6 Å². The molecule has 3 N–H and O–H groups in total. The van der Waals surface area contributed by atoms with Crippen LogP contribution in [0.15, 0.2) is 0 Å². The van der Waals surface area contributed by atoms with Gasteiger partial charge in [-0.2, -0.15) is 0 Å². The SMILES string of the molecule is CCNC1(CC(N)=O)CCCCC1C(C)C. The predicted octanol–water partition coefficient (Wildman–Crippen LogP) is 2.06. The molecule has 1 rings (SSSR count). The Morgan fingerprint density at radius 1 is 1.50 bits per heavy atom. The number of primary amides is 1. The molecule has 94 valence electrons. The summed E-state index contributed by atoms with van der Waals surface area (Å²) in [6.07, 6.45) is 5.30. The molecule has 1 aliphatic rings. The lowest BCUT2D eigenvalue weighted by molar-refractivity contribution is -0.120. The van der Waals surface area contributed by atoms with Crippen LogP contribution in [0.3, 0.4) is 0 Å². The van der Waals surface area contributed by atoms with Crippen LogP contribution in [0.2, 0.25) is 0 Å². The summed E-state index contributed by atoms with van der Waals surface area (Å²) in [4.78, 5) is 11.3. The van der Waals surface area contributed by atoms with Gasteiger partial charge in [-0.1, -0.05) is 33.6 Å². The Kier molecular flexibility index (Phi) is 4.78. The van der Waals surface area contributed by atoms with Gasteiger partial charge in [-0.15, -0.1) is 0 Å². The minimum absolute atomic E-state index is 0.0347. The minimum Gasteiger partial charge on any atom is -0.370 e. The predicted molar refractivity (Wildman–Crippen MR) is 67.0 cm³/mol. The van der Waals surface area contributed by atoms with Crippen molar-refractivity contribution in [2.75, 3.05) is 6.54 Å². The molecule has 0 radical (unpaired) electrons. The Balaban J connectivity index is 2.87. The van der Waals surface area contributed by atoms with Crippen LogP contribution in [0, 0.1) is 11.8 Å². The maximum absolute atomic E-state index is 11.3. The van der Waals surface area contributed by atoms with E-state index in [-0.39, 0.29) is 11.4 Å². The fourth-order valence-electron chi connectivity index (χ4n) is 3.40. The van der Waals surface area contributed by atoms with Gasteiger partial charge in [-0.3, -0.25) is 4.79 Å². The molecule has 0 aromatic rings. The summed E-state index contributed by atoms with van der Waals surface area (Å²) in [5, 5.41) is 3.56. The zero-order valence-corrected chi connectivity index (χ0v) is 10.9. The Morgan fingerprint density at radius 2 is 2.19 bits per heavy atom. The third kappa shape index (κ3) is 2.97. The molecule has 0 aromatic heterocycles. The molecule has 16 heavy (non-hydrogen) atoms. The van der Waals surface area contributed by atoms with Gasteiger partial charge in [0.25, 0.3) is 0 Å². The van der Waals surface area contributed by atoms with Crippen molar-refractivity contribution in [3.63, 3.8) is 0 Å². The first-order valence-corrected chi connectivity index (χ1v) is 6.55. The molecular weight excluding hydrogens is 200 g/mol. The number of carbonyl (C=O) groups excluding carboxylic acids is 1. The first kappa shape index (κ1) is 13.5. The second kappa shape index (κ2) is 5.67. The molecule has 1 aliphatic carbocycles. The maximum atomic E-state index is 11.3. The van der Waals surface area contributed by atoms with Crippen molar-refractivity contribution in [2.45, 2.75) is 58.4 Å². The molecule has 0 heterocycles. The normalized spacial score (nSPS) is 30.6. The number of carbonyl (C=O) groups is 1. The molecule has 1 saturated carbocycles. The number of hydrogen-bond donors (Lipinski definition) is 2. The highest BCUT2D eigenvalue weighted by molar-refractivity contribution is 5.75. The van der Waals surface area contributed by atoms with Crippen molar-refractivity contribution >= 4 is 5.91 Å². The third-order valence-electron chi connectivity index (χ3n) is 3.92. The second-order valence-electron chi connectivity index (χ2n) is 5.43. The smallest absolute Gasteiger partial charge is 0.219 e. The van der Waals surface area contributed by atoms with Gasteiger partial charge in [-0.25, -0.2) is 0 Å². The van der Waals surface area contributed by atoms with E-state index in [2.05, 4.69) is 26.1 Å². The molecule has 3 nitrogen and oxygen atoms in total. The molecule has 0 bridgehead atoms. The second-order valence-corrected chi connectivity index (χ2v) is 5.43. The maximum Gasteiger partial charge on any atom is 0.219 e. The molecule has 1 amide bonds. The van der Waals surface area contributed by atoms with Gasteiger partial charge in [0.15, 0.2) is 0 Å². The summed E-state index contributed by atoms with van der Waals surface area (Å²) in [6.45, 7) is 7.53. The fraction of sp³-hybridized carbons (Fsp3) is 0.923. The Hall–Kier alpha value is -0.570. The van der Waals surface area contributed by atoms with Crippen LogP contribution in [0.4, 0.5) is 0 Å². The minimum atomic E-state index is -0.173. The van der Waals surface area contributed by atoms with Crippen LogP contribution in [0.5, 0.6) is 0 Å².